The average molecular weight is 377 g/mol. The van der Waals surface area contributed by atoms with E-state index in [2.05, 4.69) is 5.32 Å². The van der Waals surface area contributed by atoms with E-state index >= 15 is 0 Å². The van der Waals surface area contributed by atoms with E-state index in [0.29, 0.717) is 50.1 Å². The Morgan fingerprint density at radius 3 is 2.63 bits per heavy atom. The smallest absolute Gasteiger partial charge is 0.319 e. The van der Waals surface area contributed by atoms with Gasteiger partial charge in [-0.3, -0.25) is 4.79 Å². The number of nitrogens with zero attached hydrogens (tertiary/aromatic N) is 2. The molecule has 0 spiro atoms. The van der Waals surface area contributed by atoms with Crippen LogP contribution in [0, 0.1) is 5.92 Å². The van der Waals surface area contributed by atoms with Crippen molar-refractivity contribution in [2.45, 2.75) is 19.4 Å². The lowest BCUT2D eigenvalue weighted by Gasteiger charge is -2.33. The zero-order valence-electron chi connectivity index (χ0n) is 16.1. The van der Waals surface area contributed by atoms with Crippen molar-refractivity contribution in [3.8, 4) is 17.2 Å². The summed E-state index contributed by atoms with van der Waals surface area (Å²) in [5.74, 6) is 1.70. The second-order valence-electron chi connectivity index (χ2n) is 6.99. The monoisotopic (exact) mass is 377 g/mol. The number of urea groups is 1. The molecule has 0 unspecified atom stereocenters. The summed E-state index contributed by atoms with van der Waals surface area (Å²) in [6.45, 7) is 2.48. The van der Waals surface area contributed by atoms with Crippen LogP contribution in [0.4, 0.5) is 4.79 Å². The van der Waals surface area contributed by atoms with Gasteiger partial charge in [-0.1, -0.05) is 0 Å². The Morgan fingerprint density at radius 2 is 1.96 bits per heavy atom. The Labute approximate surface area is 159 Å². The number of rotatable bonds is 4. The molecule has 8 heteroatoms. The summed E-state index contributed by atoms with van der Waals surface area (Å²) in [5.41, 5.74) is 0.826. The standard InChI is InChI=1S/C19H27N3O5/c1-21(2)19(24)22-6-4-5-13(12-22)18(23)20-11-14-9-16-17(10-15(14)25-3)27-8-7-26-16/h9-10,13H,4-8,11-12H2,1-3H3,(H,20,23)/t13-/m0/s1. The summed E-state index contributed by atoms with van der Waals surface area (Å²) in [4.78, 5) is 28.1. The highest BCUT2D eigenvalue weighted by atomic mass is 16.6. The fourth-order valence-corrected chi connectivity index (χ4v) is 3.41. The van der Waals surface area contributed by atoms with Crippen molar-refractivity contribution in [3.63, 3.8) is 0 Å². The number of piperidine rings is 1. The zero-order valence-corrected chi connectivity index (χ0v) is 16.1. The molecule has 148 valence electrons. The Bertz CT molecular complexity index is 707. The molecule has 27 heavy (non-hydrogen) atoms. The van der Waals surface area contributed by atoms with E-state index in [1.54, 1.807) is 37.1 Å². The lowest BCUT2D eigenvalue weighted by molar-refractivity contribution is -0.126. The van der Waals surface area contributed by atoms with Crippen LogP contribution in [0.2, 0.25) is 0 Å². The van der Waals surface area contributed by atoms with Gasteiger partial charge in [-0.15, -0.1) is 0 Å². The number of methoxy groups -OCH3 is 1. The molecule has 1 fully saturated rings. The van der Waals surface area contributed by atoms with Crippen molar-refractivity contribution >= 4 is 11.9 Å². The molecule has 1 atom stereocenters. The number of amides is 3. The van der Waals surface area contributed by atoms with Crippen molar-refractivity contribution in [2.24, 2.45) is 5.92 Å². The number of hydrogen-bond acceptors (Lipinski definition) is 5. The Kier molecular flexibility index (Phi) is 5.93. The molecule has 3 rings (SSSR count). The second-order valence-corrected chi connectivity index (χ2v) is 6.99. The third kappa shape index (κ3) is 4.37. The van der Waals surface area contributed by atoms with Gasteiger partial charge in [-0.25, -0.2) is 4.79 Å². The van der Waals surface area contributed by atoms with Gasteiger partial charge >= 0.3 is 6.03 Å². The molecule has 0 aliphatic carbocycles. The maximum absolute atomic E-state index is 12.6. The normalized spacial score (nSPS) is 18.6. The highest BCUT2D eigenvalue weighted by Gasteiger charge is 2.29. The Balaban J connectivity index is 1.62. The second kappa shape index (κ2) is 8.37. The molecule has 0 radical (unpaired) electrons. The largest absolute Gasteiger partial charge is 0.496 e. The molecular formula is C19H27N3O5. The molecule has 0 saturated carbocycles. The molecular weight excluding hydrogens is 350 g/mol. The van der Waals surface area contributed by atoms with Crippen LogP contribution in [0.15, 0.2) is 12.1 Å². The van der Waals surface area contributed by atoms with Crippen LogP contribution < -0.4 is 19.5 Å². The van der Waals surface area contributed by atoms with Crippen LogP contribution in [-0.4, -0.2) is 69.2 Å². The van der Waals surface area contributed by atoms with Crippen molar-refractivity contribution in [1.29, 1.82) is 0 Å². The number of nitrogens with one attached hydrogen (secondary N) is 1. The molecule has 1 aromatic rings. The number of fused-ring (bicyclic) bond motifs is 1. The number of benzene rings is 1. The number of carbonyl (C=O) groups excluding carboxylic acids is 2. The fourth-order valence-electron chi connectivity index (χ4n) is 3.41. The van der Waals surface area contributed by atoms with Gasteiger partial charge in [-0.05, 0) is 18.9 Å². The van der Waals surface area contributed by atoms with Crippen LogP contribution in [0.3, 0.4) is 0 Å². The lowest BCUT2D eigenvalue weighted by Crippen LogP contribution is -2.48. The lowest BCUT2D eigenvalue weighted by atomic mass is 9.97. The van der Waals surface area contributed by atoms with Crippen molar-refractivity contribution < 1.29 is 23.8 Å². The molecule has 0 aromatic heterocycles. The summed E-state index contributed by atoms with van der Waals surface area (Å²) in [5, 5.41) is 2.97. The van der Waals surface area contributed by atoms with E-state index in [-0.39, 0.29) is 17.9 Å². The summed E-state index contributed by atoms with van der Waals surface area (Å²) >= 11 is 0. The van der Waals surface area contributed by atoms with E-state index in [1.165, 1.54) is 0 Å². The van der Waals surface area contributed by atoms with Gasteiger partial charge in [-0.2, -0.15) is 0 Å². The summed E-state index contributed by atoms with van der Waals surface area (Å²) < 4.78 is 16.6. The molecule has 1 saturated heterocycles. The van der Waals surface area contributed by atoms with E-state index in [1.807, 2.05) is 6.07 Å². The van der Waals surface area contributed by atoms with Crippen LogP contribution >= 0.6 is 0 Å². The van der Waals surface area contributed by atoms with Gasteiger partial charge < -0.3 is 29.3 Å². The minimum Gasteiger partial charge on any atom is -0.496 e. The van der Waals surface area contributed by atoms with E-state index in [0.717, 1.165) is 18.4 Å². The Hall–Kier alpha value is -2.64. The first kappa shape index (κ1) is 19.1. The molecule has 2 aliphatic heterocycles. The van der Waals surface area contributed by atoms with Crippen LogP contribution in [0.1, 0.15) is 18.4 Å². The zero-order chi connectivity index (χ0) is 19.4. The number of likely N-dealkylation sites (tertiary alicyclic amines) is 1. The van der Waals surface area contributed by atoms with E-state index in [9.17, 15) is 9.59 Å². The van der Waals surface area contributed by atoms with Crippen LogP contribution in [0.5, 0.6) is 17.2 Å². The van der Waals surface area contributed by atoms with Crippen molar-refractivity contribution in [3.05, 3.63) is 17.7 Å². The summed E-state index contributed by atoms with van der Waals surface area (Å²) in [6, 6.07) is 3.57. The average Bonchev–Trinajstić information content (AvgIpc) is 2.70. The minimum atomic E-state index is -0.203. The molecule has 2 aliphatic rings. The SMILES string of the molecule is COc1cc2c(cc1CNC(=O)[C@H]1CCCN(C(=O)N(C)C)C1)OCCO2. The maximum atomic E-state index is 12.6. The summed E-state index contributed by atoms with van der Waals surface area (Å²) in [6.07, 6.45) is 1.60. The first-order valence-corrected chi connectivity index (χ1v) is 9.20. The number of hydrogen-bond donors (Lipinski definition) is 1. The quantitative estimate of drug-likeness (QED) is 0.860. The van der Waals surface area contributed by atoms with Crippen molar-refractivity contribution in [2.75, 3.05) is 47.5 Å². The summed E-state index contributed by atoms with van der Waals surface area (Å²) in [7, 11) is 5.03. The van der Waals surface area contributed by atoms with Gasteiger partial charge in [0, 0.05) is 45.4 Å². The van der Waals surface area contributed by atoms with Gasteiger partial charge in [0.1, 0.15) is 19.0 Å². The van der Waals surface area contributed by atoms with Gasteiger partial charge in [0.05, 0.1) is 13.0 Å². The molecule has 2 heterocycles. The molecule has 1 aromatic carbocycles. The molecule has 3 amide bonds. The first-order valence-electron chi connectivity index (χ1n) is 9.20. The third-order valence-electron chi connectivity index (χ3n) is 4.84. The van der Waals surface area contributed by atoms with Gasteiger partial charge in [0.25, 0.3) is 0 Å². The molecule has 0 bridgehead atoms. The van der Waals surface area contributed by atoms with Crippen molar-refractivity contribution in [1.82, 2.24) is 15.1 Å². The molecule has 8 nitrogen and oxygen atoms in total. The topological polar surface area (TPSA) is 80.3 Å². The number of carbonyl (C=O) groups is 2. The van der Waals surface area contributed by atoms with Crippen LogP contribution in [-0.2, 0) is 11.3 Å². The highest BCUT2D eigenvalue weighted by molar-refractivity contribution is 5.80. The number of ether oxygens (including phenoxy) is 3. The van der Waals surface area contributed by atoms with E-state index < -0.39 is 0 Å². The fraction of sp³-hybridized carbons (Fsp3) is 0.579. The highest BCUT2D eigenvalue weighted by Crippen LogP contribution is 2.36. The van der Waals surface area contributed by atoms with Gasteiger partial charge in [0.2, 0.25) is 5.91 Å². The predicted octanol–water partition coefficient (Wildman–Crippen LogP) is 1.48. The van der Waals surface area contributed by atoms with Gasteiger partial charge in [0.15, 0.2) is 11.5 Å². The minimum absolute atomic E-state index is 0.0526. The third-order valence-corrected chi connectivity index (χ3v) is 4.84. The molecule has 1 N–H and O–H groups in total. The van der Waals surface area contributed by atoms with E-state index in [4.69, 9.17) is 14.2 Å². The Morgan fingerprint density at radius 1 is 1.26 bits per heavy atom. The predicted molar refractivity (Wildman–Crippen MR) is 99.2 cm³/mol. The first-order chi connectivity index (χ1) is 13.0. The maximum Gasteiger partial charge on any atom is 0.319 e. The van der Waals surface area contributed by atoms with Crippen LogP contribution in [0.25, 0.3) is 0 Å².